The van der Waals surface area contributed by atoms with Gasteiger partial charge in [-0.2, -0.15) is 0 Å². The largest absolute Gasteiger partial charge is 0.457 e. The summed E-state index contributed by atoms with van der Waals surface area (Å²) in [6.45, 7) is 0. The Balaban J connectivity index is 2.27. The quantitative estimate of drug-likeness (QED) is 0.759. The highest BCUT2D eigenvalue weighted by Gasteiger charge is 2.03. The molecule has 0 radical (unpaired) electrons. The van der Waals surface area contributed by atoms with Gasteiger partial charge in [0.1, 0.15) is 29.4 Å². The molecule has 2 aromatic rings. The van der Waals surface area contributed by atoms with E-state index in [2.05, 4.69) is 0 Å². The van der Waals surface area contributed by atoms with Crippen LogP contribution in [0.1, 0.15) is 10.4 Å². The van der Waals surface area contributed by atoms with Crippen LogP contribution in [0.5, 0.6) is 11.5 Å². The molecule has 0 amide bonds. The van der Waals surface area contributed by atoms with Gasteiger partial charge in [0.05, 0.1) is 0 Å². The molecule has 2 aromatic carbocycles. The summed E-state index contributed by atoms with van der Waals surface area (Å²) in [7, 11) is 0. The molecule has 0 aliphatic rings. The van der Waals surface area contributed by atoms with Gasteiger partial charge in [-0.15, -0.1) is 0 Å². The van der Waals surface area contributed by atoms with E-state index in [0.29, 0.717) is 17.6 Å². The number of carbonyl (C=O) groups is 1. The highest BCUT2D eigenvalue weighted by molar-refractivity contribution is 5.75. The van der Waals surface area contributed by atoms with E-state index in [9.17, 15) is 13.6 Å². The fourth-order valence-corrected chi connectivity index (χ4v) is 1.37. The van der Waals surface area contributed by atoms with E-state index < -0.39 is 11.6 Å². The fourth-order valence-electron chi connectivity index (χ4n) is 1.37. The number of ether oxygens (including phenoxy) is 1. The molecule has 0 fully saturated rings. The molecule has 0 aliphatic carbocycles. The summed E-state index contributed by atoms with van der Waals surface area (Å²) in [6, 6.07) is 9.19. The van der Waals surface area contributed by atoms with Crippen LogP contribution < -0.4 is 4.74 Å². The van der Waals surface area contributed by atoms with Crippen LogP contribution in [0.4, 0.5) is 8.78 Å². The molecule has 0 saturated carbocycles. The van der Waals surface area contributed by atoms with Crippen LogP contribution in [0.3, 0.4) is 0 Å². The number of hydrogen-bond acceptors (Lipinski definition) is 2. The summed E-state index contributed by atoms with van der Waals surface area (Å²) >= 11 is 0. The summed E-state index contributed by atoms with van der Waals surface area (Å²) in [4.78, 5) is 10.5. The molecule has 2 rings (SSSR count). The zero-order chi connectivity index (χ0) is 12.3. The minimum Gasteiger partial charge on any atom is -0.457 e. The van der Waals surface area contributed by atoms with Crippen LogP contribution in [-0.2, 0) is 0 Å². The molecule has 0 saturated heterocycles. The summed E-state index contributed by atoms with van der Waals surface area (Å²) in [5.74, 6) is -1.04. The van der Waals surface area contributed by atoms with E-state index in [1.165, 1.54) is 6.07 Å². The average molecular weight is 234 g/mol. The molecule has 4 heteroatoms. The Morgan fingerprint density at radius 1 is 0.941 bits per heavy atom. The predicted molar refractivity (Wildman–Crippen MR) is 58.3 cm³/mol. The number of halogens is 2. The number of carbonyl (C=O) groups excluding carboxylic acids is 1. The van der Waals surface area contributed by atoms with Crippen molar-refractivity contribution in [1.29, 1.82) is 0 Å². The van der Waals surface area contributed by atoms with Crippen molar-refractivity contribution in [3.63, 3.8) is 0 Å². The van der Waals surface area contributed by atoms with Crippen molar-refractivity contribution in [2.75, 3.05) is 0 Å². The van der Waals surface area contributed by atoms with Crippen LogP contribution in [0.2, 0.25) is 0 Å². The molecule has 0 spiro atoms. The van der Waals surface area contributed by atoms with Gasteiger partial charge in [-0.3, -0.25) is 4.79 Å². The van der Waals surface area contributed by atoms with Gasteiger partial charge in [0.25, 0.3) is 0 Å². The smallest absolute Gasteiger partial charge is 0.150 e. The van der Waals surface area contributed by atoms with Gasteiger partial charge in [-0.05, 0) is 12.1 Å². The molecule has 2 nitrogen and oxygen atoms in total. The molecular weight excluding hydrogens is 226 g/mol. The Hall–Kier alpha value is -2.23. The number of rotatable bonds is 3. The topological polar surface area (TPSA) is 26.3 Å². The summed E-state index contributed by atoms with van der Waals surface area (Å²) in [5, 5.41) is 0. The van der Waals surface area contributed by atoms with Crippen LogP contribution in [0, 0.1) is 11.6 Å². The molecule has 0 unspecified atom stereocenters. The van der Waals surface area contributed by atoms with E-state index in [4.69, 9.17) is 4.74 Å². The molecule has 17 heavy (non-hydrogen) atoms. The van der Waals surface area contributed by atoms with Crippen molar-refractivity contribution >= 4 is 6.29 Å². The molecule has 0 N–H and O–H groups in total. The van der Waals surface area contributed by atoms with Gasteiger partial charge < -0.3 is 4.74 Å². The van der Waals surface area contributed by atoms with Crippen LogP contribution in [0.15, 0.2) is 42.5 Å². The van der Waals surface area contributed by atoms with Crippen molar-refractivity contribution in [2.24, 2.45) is 0 Å². The third-order valence-electron chi connectivity index (χ3n) is 2.07. The number of benzene rings is 2. The second-order valence-corrected chi connectivity index (χ2v) is 3.40. The molecular formula is C13H8F2O2. The molecule has 86 valence electrons. The second-order valence-electron chi connectivity index (χ2n) is 3.40. The number of hydrogen-bond donors (Lipinski definition) is 0. The van der Waals surface area contributed by atoms with Crippen LogP contribution in [-0.4, -0.2) is 6.29 Å². The van der Waals surface area contributed by atoms with E-state index in [-0.39, 0.29) is 5.75 Å². The van der Waals surface area contributed by atoms with Crippen LogP contribution >= 0.6 is 0 Å². The number of aldehydes is 1. The summed E-state index contributed by atoms with van der Waals surface area (Å²) < 4.78 is 31.0. The first-order valence-electron chi connectivity index (χ1n) is 4.86. The molecule has 0 bridgehead atoms. The Morgan fingerprint density at radius 3 is 2.29 bits per heavy atom. The van der Waals surface area contributed by atoms with Crippen molar-refractivity contribution in [1.82, 2.24) is 0 Å². The zero-order valence-electron chi connectivity index (χ0n) is 8.69. The van der Waals surface area contributed by atoms with Gasteiger partial charge in [0.2, 0.25) is 0 Å². The van der Waals surface area contributed by atoms with Gasteiger partial charge in [-0.1, -0.05) is 12.1 Å². The lowest BCUT2D eigenvalue weighted by molar-refractivity contribution is 0.112. The monoisotopic (exact) mass is 234 g/mol. The lowest BCUT2D eigenvalue weighted by Crippen LogP contribution is -1.88. The van der Waals surface area contributed by atoms with E-state index >= 15 is 0 Å². The lowest BCUT2D eigenvalue weighted by atomic mass is 10.2. The Labute approximate surface area is 96.5 Å². The van der Waals surface area contributed by atoms with Gasteiger partial charge >= 0.3 is 0 Å². The average Bonchev–Trinajstić information content (AvgIpc) is 2.28. The van der Waals surface area contributed by atoms with Crippen molar-refractivity contribution in [2.45, 2.75) is 0 Å². The minimum absolute atomic E-state index is 0.0468. The SMILES string of the molecule is O=Cc1cccc(Oc2cc(F)cc(F)c2)c1. The van der Waals surface area contributed by atoms with Gasteiger partial charge in [0, 0.05) is 23.8 Å². The zero-order valence-corrected chi connectivity index (χ0v) is 8.69. The maximum Gasteiger partial charge on any atom is 0.150 e. The first-order chi connectivity index (χ1) is 8.17. The van der Waals surface area contributed by atoms with E-state index in [0.717, 1.165) is 18.2 Å². The van der Waals surface area contributed by atoms with Crippen LogP contribution in [0.25, 0.3) is 0 Å². The van der Waals surface area contributed by atoms with Gasteiger partial charge in [-0.25, -0.2) is 8.78 Å². The fraction of sp³-hybridized carbons (Fsp3) is 0. The lowest BCUT2D eigenvalue weighted by Gasteiger charge is -2.06. The normalized spacial score (nSPS) is 10.0. The predicted octanol–water partition coefficient (Wildman–Crippen LogP) is 3.57. The van der Waals surface area contributed by atoms with Crippen molar-refractivity contribution < 1.29 is 18.3 Å². The highest BCUT2D eigenvalue weighted by atomic mass is 19.1. The minimum atomic E-state index is -0.716. The first-order valence-corrected chi connectivity index (χ1v) is 4.86. The first kappa shape index (κ1) is 11.3. The molecule has 0 aliphatic heterocycles. The maximum atomic E-state index is 12.9. The highest BCUT2D eigenvalue weighted by Crippen LogP contribution is 2.23. The molecule has 0 aromatic heterocycles. The third-order valence-corrected chi connectivity index (χ3v) is 2.07. The van der Waals surface area contributed by atoms with Crippen molar-refractivity contribution in [3.05, 3.63) is 59.7 Å². The molecule has 0 heterocycles. The maximum absolute atomic E-state index is 12.9. The summed E-state index contributed by atoms with van der Waals surface area (Å²) in [6.07, 6.45) is 0.666. The Bertz CT molecular complexity index is 533. The summed E-state index contributed by atoms with van der Waals surface area (Å²) in [5.41, 5.74) is 0.430. The van der Waals surface area contributed by atoms with E-state index in [1.807, 2.05) is 0 Å². The Morgan fingerprint density at radius 2 is 1.65 bits per heavy atom. The second kappa shape index (κ2) is 4.74. The van der Waals surface area contributed by atoms with Crippen molar-refractivity contribution in [3.8, 4) is 11.5 Å². The van der Waals surface area contributed by atoms with Gasteiger partial charge in [0.15, 0.2) is 0 Å². The van der Waals surface area contributed by atoms with E-state index in [1.54, 1.807) is 18.2 Å². The standard InChI is InChI=1S/C13H8F2O2/c14-10-5-11(15)7-13(6-10)17-12-3-1-2-9(4-12)8-16/h1-8H. The Kier molecular flexibility index (Phi) is 3.14. The third kappa shape index (κ3) is 2.87. The molecule has 0 atom stereocenters.